The van der Waals surface area contributed by atoms with E-state index in [0.717, 1.165) is 38.0 Å². The van der Waals surface area contributed by atoms with Crippen LogP contribution in [0.5, 0.6) is 5.75 Å². The van der Waals surface area contributed by atoms with Crippen LogP contribution >= 0.6 is 11.6 Å². The highest BCUT2D eigenvalue weighted by Crippen LogP contribution is 2.27. The number of carboxylic acid groups (broad SMARTS) is 1. The number of likely N-dealkylation sites (tertiary alicyclic amines) is 1. The second-order valence-corrected chi connectivity index (χ2v) is 5.98. The molecular formula is C16H22ClNO4. The molecule has 22 heavy (non-hydrogen) atoms. The van der Waals surface area contributed by atoms with Crippen LogP contribution < -0.4 is 4.74 Å². The molecule has 0 saturated carbocycles. The van der Waals surface area contributed by atoms with E-state index in [4.69, 9.17) is 26.2 Å². The maximum Gasteiger partial charge on any atom is 0.344 e. The molecule has 1 aromatic rings. The van der Waals surface area contributed by atoms with Crippen LogP contribution in [0.1, 0.15) is 25.3 Å². The number of carbonyl (C=O) groups is 1. The number of hydrogen-bond donors (Lipinski definition) is 1. The molecule has 5 nitrogen and oxygen atoms in total. The van der Waals surface area contributed by atoms with E-state index in [1.807, 2.05) is 12.1 Å². The quantitative estimate of drug-likeness (QED) is 0.870. The lowest BCUT2D eigenvalue weighted by Crippen LogP contribution is -2.36. The highest BCUT2D eigenvalue weighted by atomic mass is 35.5. The number of ether oxygens (including phenoxy) is 2. The minimum Gasteiger partial charge on any atom is -0.479 e. The Bertz CT molecular complexity index is 515. The standard InChI is InChI=1S/C16H22ClNO4/c1-11(16(19)20)22-15-4-3-12(9-14(15)17)10-18-7-5-13(21-2)6-8-18/h3-4,9,11,13H,5-8,10H2,1-2H3,(H,19,20)/t11-/m1/s1. The van der Waals surface area contributed by atoms with Crippen molar-refractivity contribution in [1.29, 1.82) is 0 Å². The predicted octanol–water partition coefficient (Wildman–Crippen LogP) is 2.80. The Morgan fingerprint density at radius 1 is 1.45 bits per heavy atom. The summed E-state index contributed by atoms with van der Waals surface area (Å²) >= 11 is 6.19. The van der Waals surface area contributed by atoms with Crippen LogP contribution in [0.15, 0.2) is 18.2 Å². The predicted molar refractivity (Wildman–Crippen MR) is 84.5 cm³/mol. The molecule has 2 rings (SSSR count). The second-order valence-electron chi connectivity index (χ2n) is 5.57. The van der Waals surface area contributed by atoms with E-state index >= 15 is 0 Å². The number of halogens is 1. The number of rotatable bonds is 6. The topological polar surface area (TPSA) is 59.0 Å². The highest BCUT2D eigenvalue weighted by molar-refractivity contribution is 6.32. The molecule has 6 heteroatoms. The van der Waals surface area contributed by atoms with E-state index in [2.05, 4.69) is 4.90 Å². The molecule has 0 unspecified atom stereocenters. The Labute approximate surface area is 135 Å². The lowest BCUT2D eigenvalue weighted by atomic mass is 10.1. The molecule has 1 aliphatic rings. The van der Waals surface area contributed by atoms with Gasteiger partial charge in [-0.2, -0.15) is 0 Å². The maximum absolute atomic E-state index is 10.8. The zero-order valence-electron chi connectivity index (χ0n) is 12.9. The molecule has 1 atom stereocenters. The van der Waals surface area contributed by atoms with Gasteiger partial charge in [-0.05, 0) is 37.5 Å². The van der Waals surface area contributed by atoms with Crippen molar-refractivity contribution in [3.05, 3.63) is 28.8 Å². The molecule has 1 aliphatic heterocycles. The van der Waals surface area contributed by atoms with E-state index in [-0.39, 0.29) is 0 Å². The van der Waals surface area contributed by atoms with Crippen LogP contribution in [0.4, 0.5) is 0 Å². The first-order valence-electron chi connectivity index (χ1n) is 7.42. The van der Waals surface area contributed by atoms with Gasteiger partial charge in [-0.1, -0.05) is 17.7 Å². The van der Waals surface area contributed by atoms with Gasteiger partial charge < -0.3 is 14.6 Å². The van der Waals surface area contributed by atoms with Crippen LogP contribution in [-0.2, 0) is 16.1 Å². The molecule has 1 heterocycles. The summed E-state index contributed by atoms with van der Waals surface area (Å²) in [6, 6.07) is 5.51. The van der Waals surface area contributed by atoms with Gasteiger partial charge in [-0.15, -0.1) is 0 Å². The summed E-state index contributed by atoms with van der Waals surface area (Å²) in [6.07, 6.45) is 1.54. The van der Waals surface area contributed by atoms with E-state index in [9.17, 15) is 4.79 Å². The minimum atomic E-state index is -1.01. The van der Waals surface area contributed by atoms with Crippen molar-refractivity contribution in [3.8, 4) is 5.75 Å². The third-order valence-electron chi connectivity index (χ3n) is 3.92. The van der Waals surface area contributed by atoms with Crippen LogP contribution in [0, 0.1) is 0 Å². The Balaban J connectivity index is 1.93. The van der Waals surface area contributed by atoms with E-state index in [1.54, 1.807) is 13.2 Å². The molecule has 0 bridgehead atoms. The van der Waals surface area contributed by atoms with Crippen LogP contribution in [0.2, 0.25) is 5.02 Å². The van der Waals surface area contributed by atoms with Crippen LogP contribution in [0.3, 0.4) is 0 Å². The number of piperidine rings is 1. The highest BCUT2D eigenvalue weighted by Gasteiger charge is 2.19. The number of hydrogen-bond acceptors (Lipinski definition) is 4. The average Bonchev–Trinajstić information content (AvgIpc) is 2.50. The summed E-state index contributed by atoms with van der Waals surface area (Å²) in [5, 5.41) is 9.30. The van der Waals surface area contributed by atoms with Gasteiger partial charge in [0.05, 0.1) is 11.1 Å². The number of benzene rings is 1. The zero-order valence-corrected chi connectivity index (χ0v) is 13.7. The van der Waals surface area contributed by atoms with Crippen molar-refractivity contribution in [1.82, 2.24) is 4.90 Å². The molecule has 1 N–H and O–H groups in total. The Hall–Kier alpha value is -1.30. The molecule has 0 spiro atoms. The van der Waals surface area contributed by atoms with Crippen molar-refractivity contribution in [2.24, 2.45) is 0 Å². The fourth-order valence-electron chi connectivity index (χ4n) is 2.54. The van der Waals surface area contributed by atoms with Crippen LogP contribution in [-0.4, -0.2) is 48.4 Å². The largest absolute Gasteiger partial charge is 0.479 e. The maximum atomic E-state index is 10.8. The first-order valence-corrected chi connectivity index (χ1v) is 7.80. The van der Waals surface area contributed by atoms with Crippen molar-refractivity contribution >= 4 is 17.6 Å². The number of nitrogens with zero attached hydrogens (tertiary/aromatic N) is 1. The number of carboxylic acids is 1. The average molecular weight is 328 g/mol. The first-order chi connectivity index (χ1) is 10.5. The summed E-state index contributed by atoms with van der Waals surface area (Å²) in [5.74, 6) is -0.612. The summed E-state index contributed by atoms with van der Waals surface area (Å²) < 4.78 is 10.7. The van der Waals surface area contributed by atoms with Gasteiger partial charge in [0.15, 0.2) is 6.10 Å². The number of aliphatic carboxylic acids is 1. The molecule has 122 valence electrons. The smallest absolute Gasteiger partial charge is 0.344 e. The van der Waals surface area contributed by atoms with Gasteiger partial charge in [0.1, 0.15) is 5.75 Å². The summed E-state index contributed by atoms with van der Waals surface area (Å²) in [5.41, 5.74) is 1.09. The van der Waals surface area contributed by atoms with Crippen molar-refractivity contribution in [3.63, 3.8) is 0 Å². The van der Waals surface area contributed by atoms with Crippen molar-refractivity contribution < 1.29 is 19.4 Å². The number of methoxy groups -OCH3 is 1. The second kappa shape index (κ2) is 7.81. The fourth-order valence-corrected chi connectivity index (χ4v) is 2.79. The van der Waals surface area contributed by atoms with E-state index < -0.39 is 12.1 Å². The minimum absolute atomic E-state index is 0.369. The SMILES string of the molecule is COC1CCN(Cc2ccc(O[C@H](C)C(=O)O)c(Cl)c2)CC1. The molecule has 1 saturated heterocycles. The summed E-state index contributed by atoms with van der Waals surface area (Å²) in [6.45, 7) is 4.31. The molecule has 0 radical (unpaired) electrons. The molecule has 0 aliphatic carbocycles. The Morgan fingerprint density at radius 3 is 2.68 bits per heavy atom. The molecule has 0 amide bonds. The Kier molecular flexibility index (Phi) is 6.06. The van der Waals surface area contributed by atoms with Gasteiger partial charge in [0.25, 0.3) is 0 Å². The molecule has 1 fully saturated rings. The van der Waals surface area contributed by atoms with Gasteiger partial charge in [-0.25, -0.2) is 4.79 Å². The van der Waals surface area contributed by atoms with Gasteiger partial charge >= 0.3 is 5.97 Å². The third-order valence-corrected chi connectivity index (χ3v) is 4.22. The van der Waals surface area contributed by atoms with Gasteiger partial charge in [0.2, 0.25) is 0 Å². The normalized spacial score (nSPS) is 18.1. The summed E-state index contributed by atoms with van der Waals surface area (Å²) in [4.78, 5) is 13.2. The monoisotopic (exact) mass is 327 g/mol. The lowest BCUT2D eigenvalue weighted by molar-refractivity contribution is -0.144. The molecule has 1 aromatic carbocycles. The van der Waals surface area contributed by atoms with Crippen LogP contribution in [0.25, 0.3) is 0 Å². The summed E-state index contributed by atoms with van der Waals surface area (Å²) in [7, 11) is 1.76. The van der Waals surface area contributed by atoms with E-state index in [1.165, 1.54) is 6.92 Å². The third kappa shape index (κ3) is 4.60. The van der Waals surface area contributed by atoms with Crippen molar-refractivity contribution in [2.75, 3.05) is 20.2 Å². The molecule has 0 aromatic heterocycles. The van der Waals surface area contributed by atoms with Crippen molar-refractivity contribution in [2.45, 2.75) is 38.5 Å². The Morgan fingerprint density at radius 2 is 2.14 bits per heavy atom. The van der Waals surface area contributed by atoms with Gasteiger partial charge in [0, 0.05) is 26.7 Å². The molecular weight excluding hydrogens is 306 g/mol. The fraction of sp³-hybridized carbons (Fsp3) is 0.562. The van der Waals surface area contributed by atoms with Gasteiger partial charge in [-0.3, -0.25) is 4.90 Å². The first kappa shape index (κ1) is 17.1. The van der Waals surface area contributed by atoms with E-state index in [0.29, 0.717) is 16.9 Å². The lowest BCUT2D eigenvalue weighted by Gasteiger charge is -2.31. The zero-order chi connectivity index (χ0) is 16.1.